The number of para-hydroxylation sites is 1. The number of carbonyl (C=O) groups is 1. The molecule has 0 saturated carbocycles. The van der Waals surface area contributed by atoms with Crippen LogP contribution in [0.5, 0.6) is 5.75 Å². The molecular formula is C24H19Cl3N2O2S. The lowest BCUT2D eigenvalue weighted by Gasteiger charge is -2.16. The van der Waals surface area contributed by atoms with Crippen molar-refractivity contribution >= 4 is 68.0 Å². The Balaban J connectivity index is 1.52. The minimum absolute atomic E-state index is 0.245. The van der Waals surface area contributed by atoms with Crippen LogP contribution in [-0.2, 0) is 4.79 Å². The van der Waals surface area contributed by atoms with Gasteiger partial charge in [-0.25, -0.2) is 4.98 Å². The number of aryl methyl sites for hydroxylation is 1. The van der Waals surface area contributed by atoms with Crippen LogP contribution in [0.3, 0.4) is 0 Å². The minimum atomic E-state index is -0.327. The predicted molar refractivity (Wildman–Crippen MR) is 135 cm³/mol. The molecule has 1 heterocycles. The van der Waals surface area contributed by atoms with Crippen LogP contribution in [0, 0.1) is 20.8 Å². The molecule has 0 radical (unpaired) electrons. The summed E-state index contributed by atoms with van der Waals surface area (Å²) in [7, 11) is 0. The Labute approximate surface area is 205 Å². The van der Waals surface area contributed by atoms with Crippen LogP contribution in [0.25, 0.3) is 20.8 Å². The number of fused-ring (bicyclic) bond motifs is 1. The van der Waals surface area contributed by atoms with Gasteiger partial charge in [0.2, 0.25) is 0 Å². The third-order valence-electron chi connectivity index (χ3n) is 5.12. The zero-order chi connectivity index (χ0) is 23.0. The molecule has 32 heavy (non-hydrogen) atoms. The summed E-state index contributed by atoms with van der Waals surface area (Å²) < 4.78 is 6.78. The van der Waals surface area contributed by atoms with Gasteiger partial charge in [0, 0.05) is 16.3 Å². The average molecular weight is 506 g/mol. The molecule has 1 N–H and O–H groups in total. The fourth-order valence-corrected chi connectivity index (χ4v) is 5.03. The first-order chi connectivity index (χ1) is 15.3. The molecule has 164 valence electrons. The molecule has 0 atom stereocenters. The summed E-state index contributed by atoms with van der Waals surface area (Å²) >= 11 is 20.5. The van der Waals surface area contributed by atoms with Crippen molar-refractivity contribution in [2.75, 3.05) is 11.9 Å². The Morgan fingerprint density at radius 3 is 2.38 bits per heavy atom. The van der Waals surface area contributed by atoms with Crippen molar-refractivity contribution in [1.29, 1.82) is 0 Å². The van der Waals surface area contributed by atoms with E-state index in [2.05, 4.69) is 5.32 Å². The van der Waals surface area contributed by atoms with Crippen LogP contribution in [-0.4, -0.2) is 17.5 Å². The van der Waals surface area contributed by atoms with E-state index in [1.165, 1.54) is 0 Å². The monoisotopic (exact) mass is 504 g/mol. The summed E-state index contributed by atoms with van der Waals surface area (Å²) in [6.45, 7) is 5.23. The van der Waals surface area contributed by atoms with Gasteiger partial charge in [-0.15, -0.1) is 11.3 Å². The first-order valence-electron chi connectivity index (χ1n) is 9.79. The Bertz CT molecular complexity index is 1290. The molecule has 0 fully saturated rings. The van der Waals surface area contributed by atoms with Gasteiger partial charge in [-0.3, -0.25) is 4.79 Å². The molecule has 0 spiro atoms. The van der Waals surface area contributed by atoms with Crippen LogP contribution in [0.2, 0.25) is 15.1 Å². The molecule has 0 unspecified atom stereocenters. The average Bonchev–Trinajstić information content (AvgIpc) is 3.22. The standard InChI is InChI=1S/C24H19Cl3N2O2S/c1-12-8-9-15(24-29-16-6-4-5-7-18(16)32-24)10-17(12)28-19(30)11-31-23-21(26)13(2)20(25)14(3)22(23)27/h4-10H,11H2,1-3H3,(H,28,30). The second-order valence-corrected chi connectivity index (χ2v) is 9.54. The Hall–Kier alpha value is -2.31. The molecule has 0 aliphatic heterocycles. The third kappa shape index (κ3) is 4.44. The van der Waals surface area contributed by atoms with Gasteiger partial charge in [0.25, 0.3) is 5.91 Å². The highest BCUT2D eigenvalue weighted by Crippen LogP contribution is 2.42. The van der Waals surface area contributed by atoms with Crippen molar-refractivity contribution in [2.45, 2.75) is 20.8 Å². The number of halogens is 3. The number of carbonyl (C=O) groups excluding carboxylic acids is 1. The normalized spacial score (nSPS) is 11.1. The number of rotatable bonds is 5. The number of nitrogens with zero attached hydrogens (tertiary/aromatic N) is 1. The highest BCUT2D eigenvalue weighted by atomic mass is 35.5. The minimum Gasteiger partial charge on any atom is -0.481 e. The second-order valence-electron chi connectivity index (χ2n) is 7.37. The van der Waals surface area contributed by atoms with E-state index in [1.54, 1.807) is 25.2 Å². The second kappa shape index (κ2) is 9.28. The van der Waals surface area contributed by atoms with E-state index in [9.17, 15) is 4.79 Å². The summed E-state index contributed by atoms with van der Waals surface area (Å²) in [5.41, 5.74) is 4.82. The van der Waals surface area contributed by atoms with E-state index in [0.717, 1.165) is 26.4 Å². The van der Waals surface area contributed by atoms with E-state index in [-0.39, 0.29) is 18.3 Å². The van der Waals surface area contributed by atoms with Gasteiger partial charge in [-0.1, -0.05) is 59.1 Å². The Kier molecular flexibility index (Phi) is 6.63. The van der Waals surface area contributed by atoms with Crippen LogP contribution in [0.15, 0.2) is 42.5 Å². The first-order valence-corrected chi connectivity index (χ1v) is 11.7. The smallest absolute Gasteiger partial charge is 0.262 e. The molecule has 0 bridgehead atoms. The van der Waals surface area contributed by atoms with Crippen molar-refractivity contribution < 1.29 is 9.53 Å². The largest absolute Gasteiger partial charge is 0.481 e. The van der Waals surface area contributed by atoms with E-state index in [0.29, 0.717) is 31.9 Å². The number of nitrogens with one attached hydrogen (secondary N) is 1. The highest BCUT2D eigenvalue weighted by molar-refractivity contribution is 7.21. The van der Waals surface area contributed by atoms with Crippen molar-refractivity contribution in [3.8, 4) is 16.3 Å². The number of hydrogen-bond acceptors (Lipinski definition) is 4. The highest BCUT2D eigenvalue weighted by Gasteiger charge is 2.19. The van der Waals surface area contributed by atoms with Gasteiger partial charge in [0.15, 0.2) is 12.4 Å². The SMILES string of the molecule is Cc1ccc(-c2nc3ccccc3s2)cc1NC(=O)COc1c(Cl)c(C)c(Cl)c(C)c1Cl. The van der Waals surface area contributed by atoms with Crippen LogP contribution >= 0.6 is 46.1 Å². The molecule has 4 rings (SSSR count). The maximum Gasteiger partial charge on any atom is 0.262 e. The summed E-state index contributed by atoms with van der Waals surface area (Å²) in [6.07, 6.45) is 0. The number of hydrogen-bond donors (Lipinski definition) is 1. The Morgan fingerprint density at radius 2 is 1.69 bits per heavy atom. The molecular weight excluding hydrogens is 487 g/mol. The maximum atomic E-state index is 12.6. The number of thiazole rings is 1. The lowest BCUT2D eigenvalue weighted by molar-refractivity contribution is -0.118. The van der Waals surface area contributed by atoms with Gasteiger partial charge < -0.3 is 10.1 Å². The number of ether oxygens (including phenoxy) is 1. The van der Waals surface area contributed by atoms with E-state index < -0.39 is 0 Å². The van der Waals surface area contributed by atoms with Crippen LogP contribution in [0.1, 0.15) is 16.7 Å². The molecule has 3 aromatic carbocycles. The fraction of sp³-hybridized carbons (Fsp3) is 0.167. The molecule has 0 aliphatic carbocycles. The van der Waals surface area contributed by atoms with E-state index in [1.807, 2.05) is 49.4 Å². The molecule has 8 heteroatoms. The van der Waals surface area contributed by atoms with Crippen molar-refractivity contribution in [1.82, 2.24) is 4.98 Å². The molecule has 1 amide bonds. The molecule has 1 aromatic heterocycles. The first kappa shape index (κ1) is 22.9. The molecule has 4 aromatic rings. The number of benzene rings is 3. The van der Waals surface area contributed by atoms with Crippen LogP contribution < -0.4 is 10.1 Å². The summed E-state index contributed by atoms with van der Waals surface area (Å²) in [6, 6.07) is 13.9. The zero-order valence-electron chi connectivity index (χ0n) is 17.6. The lowest BCUT2D eigenvalue weighted by atomic mass is 10.1. The zero-order valence-corrected chi connectivity index (χ0v) is 20.6. The van der Waals surface area contributed by atoms with E-state index in [4.69, 9.17) is 44.5 Å². The van der Waals surface area contributed by atoms with Gasteiger partial charge in [0.05, 0.1) is 20.3 Å². The summed E-state index contributed by atoms with van der Waals surface area (Å²) in [5.74, 6) is -0.0743. The van der Waals surface area contributed by atoms with Gasteiger partial charge in [0.1, 0.15) is 5.01 Å². The quantitative estimate of drug-likeness (QED) is 0.300. The number of amides is 1. The predicted octanol–water partition coefficient (Wildman–Crippen LogP) is 7.87. The molecule has 4 nitrogen and oxygen atoms in total. The third-order valence-corrected chi connectivity index (χ3v) is 7.68. The fourth-order valence-electron chi connectivity index (χ4n) is 3.25. The number of anilines is 1. The maximum absolute atomic E-state index is 12.6. The van der Waals surface area contributed by atoms with E-state index >= 15 is 0 Å². The summed E-state index contributed by atoms with van der Waals surface area (Å²) in [4.78, 5) is 17.3. The Morgan fingerprint density at radius 1 is 1.00 bits per heavy atom. The lowest BCUT2D eigenvalue weighted by Crippen LogP contribution is -2.21. The topological polar surface area (TPSA) is 51.2 Å². The van der Waals surface area contributed by atoms with Crippen molar-refractivity contribution in [2.24, 2.45) is 0 Å². The summed E-state index contributed by atoms with van der Waals surface area (Å²) in [5, 5.41) is 4.88. The van der Waals surface area contributed by atoms with Gasteiger partial charge >= 0.3 is 0 Å². The molecule has 0 aliphatic rings. The van der Waals surface area contributed by atoms with Crippen molar-refractivity contribution in [3.05, 3.63) is 74.2 Å². The van der Waals surface area contributed by atoms with Crippen molar-refractivity contribution in [3.63, 3.8) is 0 Å². The molecule has 0 saturated heterocycles. The number of aromatic nitrogens is 1. The van der Waals surface area contributed by atoms with Gasteiger partial charge in [-0.2, -0.15) is 0 Å². The van der Waals surface area contributed by atoms with Crippen LogP contribution in [0.4, 0.5) is 5.69 Å². The van der Waals surface area contributed by atoms with Gasteiger partial charge in [-0.05, 0) is 55.7 Å².